The molecule has 112 valence electrons. The number of hydrogen-bond donors (Lipinski definition) is 2. The molecule has 3 N–H and O–H groups in total. The number of nitrogens with one attached hydrogen (secondary N) is 1. The van der Waals surface area contributed by atoms with Crippen molar-refractivity contribution in [2.75, 3.05) is 6.61 Å². The molecule has 0 fully saturated rings. The Balaban J connectivity index is 1.78. The lowest BCUT2D eigenvalue weighted by molar-refractivity contribution is 0.351. The van der Waals surface area contributed by atoms with E-state index in [9.17, 15) is 0 Å². The Morgan fingerprint density at radius 2 is 2.33 bits per heavy atom. The molecule has 1 aliphatic rings. The number of rotatable bonds is 5. The average molecular weight is 368 g/mol. The van der Waals surface area contributed by atoms with E-state index in [1.54, 1.807) is 11.3 Å². The molecule has 0 saturated heterocycles. The average Bonchev–Trinajstić information content (AvgIpc) is 3.06. The van der Waals surface area contributed by atoms with Gasteiger partial charge in [-0.1, -0.05) is 15.9 Å². The highest BCUT2D eigenvalue weighted by atomic mass is 79.9. The first-order valence-corrected chi connectivity index (χ1v) is 8.64. The van der Waals surface area contributed by atoms with Gasteiger partial charge in [0.1, 0.15) is 5.75 Å². The van der Waals surface area contributed by atoms with Gasteiger partial charge in [0.05, 0.1) is 11.6 Å². The van der Waals surface area contributed by atoms with E-state index in [1.807, 2.05) is 6.92 Å². The normalized spacial score (nSPS) is 14.8. The molecule has 1 atom stereocenters. The van der Waals surface area contributed by atoms with Gasteiger partial charge in [-0.3, -0.25) is 11.3 Å². The van der Waals surface area contributed by atoms with Crippen LogP contribution in [0.4, 0.5) is 0 Å². The zero-order valence-electron chi connectivity index (χ0n) is 11.9. The third kappa shape index (κ3) is 3.45. The number of benzene rings is 1. The number of thiazole rings is 1. The first-order valence-electron chi connectivity index (χ1n) is 6.97. The second-order valence-electron chi connectivity index (χ2n) is 5.31. The second-order valence-corrected chi connectivity index (χ2v) is 7.16. The van der Waals surface area contributed by atoms with Crippen LogP contribution in [0, 0.1) is 6.92 Å². The van der Waals surface area contributed by atoms with Crippen molar-refractivity contribution < 1.29 is 4.74 Å². The van der Waals surface area contributed by atoms with Gasteiger partial charge in [0.25, 0.3) is 0 Å². The van der Waals surface area contributed by atoms with Crippen LogP contribution in [0.5, 0.6) is 5.75 Å². The third-order valence-electron chi connectivity index (χ3n) is 3.61. The number of hydrazine groups is 1. The van der Waals surface area contributed by atoms with Gasteiger partial charge in [0.2, 0.25) is 0 Å². The first-order chi connectivity index (χ1) is 10.2. The molecule has 21 heavy (non-hydrogen) atoms. The van der Waals surface area contributed by atoms with Crippen molar-refractivity contribution in [3.63, 3.8) is 0 Å². The molecule has 0 bridgehead atoms. The monoisotopic (exact) mass is 367 g/mol. The summed E-state index contributed by atoms with van der Waals surface area (Å²) in [6, 6.07) is 4.42. The predicted octanol–water partition coefficient (Wildman–Crippen LogP) is 2.77. The van der Waals surface area contributed by atoms with Crippen LogP contribution in [0.15, 0.2) is 22.0 Å². The summed E-state index contributed by atoms with van der Waals surface area (Å²) in [6.07, 6.45) is 2.64. The molecule has 2 aromatic rings. The van der Waals surface area contributed by atoms with Crippen molar-refractivity contribution in [2.45, 2.75) is 32.2 Å². The predicted molar refractivity (Wildman–Crippen MR) is 88.7 cm³/mol. The minimum absolute atomic E-state index is 0.151. The molecule has 1 aromatic heterocycles. The largest absolute Gasteiger partial charge is 0.493 e. The Hall–Kier alpha value is -0.950. The summed E-state index contributed by atoms with van der Waals surface area (Å²) < 4.78 is 6.88. The lowest BCUT2D eigenvalue weighted by atomic mass is 10.0. The molecular weight excluding hydrogens is 350 g/mol. The van der Waals surface area contributed by atoms with Crippen molar-refractivity contribution in [3.05, 3.63) is 43.8 Å². The van der Waals surface area contributed by atoms with E-state index < -0.39 is 0 Å². The lowest BCUT2D eigenvalue weighted by Gasteiger charge is -2.17. The number of aryl methyl sites for hydroxylation is 1. The first kappa shape index (κ1) is 15.0. The summed E-state index contributed by atoms with van der Waals surface area (Å²) in [5, 5.41) is 3.19. The topological polar surface area (TPSA) is 60.2 Å². The summed E-state index contributed by atoms with van der Waals surface area (Å²) in [7, 11) is 0. The third-order valence-corrected chi connectivity index (χ3v) is 5.06. The molecular formula is C15H18BrN3OS. The van der Waals surface area contributed by atoms with Gasteiger partial charge < -0.3 is 4.74 Å². The van der Waals surface area contributed by atoms with Crippen molar-refractivity contribution in [3.8, 4) is 5.75 Å². The standard InChI is InChI=1S/C15H18BrN3OS/c1-9-8-21-14(18-9)7-13(19-17)6-11-5-12(16)4-10-2-3-20-15(10)11/h4-5,8,13,19H,2-3,6-7,17H2,1H3. The summed E-state index contributed by atoms with van der Waals surface area (Å²) in [6.45, 7) is 2.78. The minimum atomic E-state index is 0.151. The Morgan fingerprint density at radius 1 is 1.48 bits per heavy atom. The summed E-state index contributed by atoms with van der Waals surface area (Å²) in [5.74, 6) is 6.77. The number of nitrogens with two attached hydrogens (primary N) is 1. The van der Waals surface area contributed by atoms with Crippen LogP contribution in [0.25, 0.3) is 0 Å². The number of hydrogen-bond acceptors (Lipinski definition) is 5. The SMILES string of the molecule is Cc1csc(CC(Cc2cc(Br)cc3c2OCC3)NN)n1. The fourth-order valence-electron chi connectivity index (χ4n) is 2.66. The van der Waals surface area contributed by atoms with E-state index in [0.29, 0.717) is 0 Å². The van der Waals surface area contributed by atoms with Crippen LogP contribution in [-0.4, -0.2) is 17.6 Å². The smallest absolute Gasteiger partial charge is 0.125 e. The van der Waals surface area contributed by atoms with Crippen LogP contribution in [-0.2, 0) is 19.3 Å². The van der Waals surface area contributed by atoms with Gasteiger partial charge in [-0.05, 0) is 36.6 Å². The zero-order chi connectivity index (χ0) is 14.8. The van der Waals surface area contributed by atoms with E-state index in [2.05, 4.69) is 43.9 Å². The molecule has 1 aromatic carbocycles. The fraction of sp³-hybridized carbons (Fsp3) is 0.400. The van der Waals surface area contributed by atoms with Crippen LogP contribution in [0.2, 0.25) is 0 Å². The molecule has 0 aliphatic carbocycles. The number of halogens is 1. The van der Waals surface area contributed by atoms with E-state index in [4.69, 9.17) is 10.6 Å². The maximum absolute atomic E-state index is 5.78. The van der Waals surface area contributed by atoms with Crippen LogP contribution in [0.1, 0.15) is 21.8 Å². The van der Waals surface area contributed by atoms with E-state index in [-0.39, 0.29) is 6.04 Å². The zero-order valence-corrected chi connectivity index (χ0v) is 14.3. The van der Waals surface area contributed by atoms with Gasteiger partial charge >= 0.3 is 0 Å². The summed E-state index contributed by atoms with van der Waals surface area (Å²) >= 11 is 5.27. The van der Waals surface area contributed by atoms with Gasteiger partial charge in [0.15, 0.2) is 0 Å². The Kier molecular flexibility index (Phi) is 4.59. The Labute approximate surface area is 136 Å². The lowest BCUT2D eigenvalue weighted by Crippen LogP contribution is -2.38. The molecule has 0 radical (unpaired) electrons. The maximum Gasteiger partial charge on any atom is 0.125 e. The van der Waals surface area contributed by atoms with Crippen LogP contribution >= 0.6 is 27.3 Å². The number of aromatic nitrogens is 1. The second kappa shape index (κ2) is 6.44. The van der Waals surface area contributed by atoms with Crippen molar-refractivity contribution in [1.82, 2.24) is 10.4 Å². The molecule has 1 unspecified atom stereocenters. The van der Waals surface area contributed by atoms with Crippen molar-refractivity contribution in [2.24, 2.45) is 5.84 Å². The van der Waals surface area contributed by atoms with Gasteiger partial charge in [-0.2, -0.15) is 0 Å². The Bertz CT molecular complexity index is 644. The van der Waals surface area contributed by atoms with E-state index >= 15 is 0 Å². The molecule has 0 amide bonds. The van der Waals surface area contributed by atoms with E-state index in [0.717, 1.165) is 46.8 Å². The molecule has 2 heterocycles. The summed E-state index contributed by atoms with van der Waals surface area (Å²) in [5.41, 5.74) is 6.46. The molecule has 6 heteroatoms. The molecule has 0 saturated carbocycles. The van der Waals surface area contributed by atoms with Crippen LogP contribution < -0.4 is 16.0 Å². The fourth-order valence-corrected chi connectivity index (χ4v) is 4.07. The van der Waals surface area contributed by atoms with E-state index in [1.165, 1.54) is 11.1 Å². The maximum atomic E-state index is 5.78. The van der Waals surface area contributed by atoms with Gasteiger partial charge in [-0.25, -0.2) is 4.98 Å². The van der Waals surface area contributed by atoms with Crippen molar-refractivity contribution in [1.29, 1.82) is 0 Å². The highest BCUT2D eigenvalue weighted by Gasteiger charge is 2.20. The highest BCUT2D eigenvalue weighted by Crippen LogP contribution is 2.34. The van der Waals surface area contributed by atoms with Crippen molar-refractivity contribution >= 4 is 27.3 Å². The molecule has 0 spiro atoms. The number of fused-ring (bicyclic) bond motifs is 1. The van der Waals surface area contributed by atoms with Crippen LogP contribution in [0.3, 0.4) is 0 Å². The summed E-state index contributed by atoms with van der Waals surface area (Å²) in [4.78, 5) is 4.51. The molecule has 1 aliphatic heterocycles. The van der Waals surface area contributed by atoms with Gasteiger partial charge in [-0.15, -0.1) is 11.3 Å². The Morgan fingerprint density at radius 3 is 3.05 bits per heavy atom. The minimum Gasteiger partial charge on any atom is -0.493 e. The number of nitrogens with zero attached hydrogens (tertiary/aromatic N) is 1. The quantitative estimate of drug-likeness (QED) is 0.630. The molecule has 4 nitrogen and oxygen atoms in total. The van der Waals surface area contributed by atoms with Gasteiger partial charge in [0, 0.05) is 34.4 Å². The number of ether oxygens (including phenoxy) is 1. The highest BCUT2D eigenvalue weighted by molar-refractivity contribution is 9.10. The molecule has 3 rings (SSSR count).